The number of ether oxygens (including phenoxy) is 3. The first-order valence-electron chi connectivity index (χ1n) is 9.98. The van der Waals surface area contributed by atoms with E-state index in [1.165, 1.54) is 0 Å². The molecule has 0 aliphatic carbocycles. The first-order chi connectivity index (χ1) is 14.5. The van der Waals surface area contributed by atoms with Gasteiger partial charge in [0.1, 0.15) is 30.5 Å². The Labute approximate surface area is 177 Å². The molecule has 156 valence electrons. The van der Waals surface area contributed by atoms with E-state index < -0.39 is 6.10 Å². The summed E-state index contributed by atoms with van der Waals surface area (Å²) in [5.41, 5.74) is 2.59. The van der Waals surface area contributed by atoms with Crippen molar-refractivity contribution in [1.82, 2.24) is 0 Å². The highest BCUT2D eigenvalue weighted by molar-refractivity contribution is 5.95. The van der Waals surface area contributed by atoms with Crippen molar-refractivity contribution in [3.8, 4) is 17.2 Å². The number of carbonyl (C=O) groups is 1. The first-order valence-corrected chi connectivity index (χ1v) is 9.98. The van der Waals surface area contributed by atoms with Crippen molar-refractivity contribution in [2.45, 2.75) is 26.9 Å². The molecule has 5 heteroatoms. The van der Waals surface area contributed by atoms with E-state index in [2.05, 4.69) is 5.32 Å². The van der Waals surface area contributed by atoms with Crippen LogP contribution in [0.1, 0.15) is 18.1 Å². The van der Waals surface area contributed by atoms with E-state index in [-0.39, 0.29) is 5.91 Å². The number of rotatable bonds is 9. The molecule has 0 heterocycles. The van der Waals surface area contributed by atoms with Gasteiger partial charge in [-0.3, -0.25) is 4.79 Å². The van der Waals surface area contributed by atoms with Gasteiger partial charge in [0.05, 0.1) is 5.69 Å². The minimum absolute atomic E-state index is 0.241. The van der Waals surface area contributed by atoms with Gasteiger partial charge in [-0.2, -0.15) is 0 Å². The van der Waals surface area contributed by atoms with Gasteiger partial charge in [0, 0.05) is 0 Å². The molecule has 5 nitrogen and oxygen atoms in total. The molecule has 0 saturated carbocycles. The Hall–Kier alpha value is -3.47. The van der Waals surface area contributed by atoms with Crippen LogP contribution in [0.15, 0.2) is 72.8 Å². The zero-order valence-corrected chi connectivity index (χ0v) is 17.6. The van der Waals surface area contributed by atoms with Crippen LogP contribution in [0.2, 0.25) is 0 Å². The lowest BCUT2D eigenvalue weighted by atomic mass is 10.1. The quantitative estimate of drug-likeness (QED) is 0.499. The van der Waals surface area contributed by atoms with E-state index >= 15 is 0 Å². The molecule has 0 saturated heterocycles. The minimum Gasteiger partial charge on any atom is -0.490 e. The molecule has 0 fully saturated rings. The average molecular weight is 405 g/mol. The zero-order valence-electron chi connectivity index (χ0n) is 17.6. The molecule has 3 aromatic carbocycles. The summed E-state index contributed by atoms with van der Waals surface area (Å²) in [5, 5.41) is 2.90. The second kappa shape index (κ2) is 10.3. The van der Waals surface area contributed by atoms with Gasteiger partial charge in [-0.25, -0.2) is 0 Å². The number of anilines is 1. The van der Waals surface area contributed by atoms with Crippen LogP contribution in [0.3, 0.4) is 0 Å². The van der Waals surface area contributed by atoms with Crippen LogP contribution in [0, 0.1) is 13.8 Å². The molecule has 0 spiro atoms. The number of para-hydroxylation sites is 4. The molecule has 0 radical (unpaired) electrons. The molecule has 3 aromatic rings. The lowest BCUT2D eigenvalue weighted by Gasteiger charge is -2.19. The SMILES string of the molecule is Cc1cccc(C)c1OC(C)C(=O)Nc1ccccc1OCCOc1ccccc1. The maximum Gasteiger partial charge on any atom is 0.265 e. The van der Waals surface area contributed by atoms with Crippen molar-refractivity contribution in [3.05, 3.63) is 83.9 Å². The molecule has 1 N–H and O–H groups in total. The highest BCUT2D eigenvalue weighted by Gasteiger charge is 2.18. The molecule has 0 aromatic heterocycles. The molecule has 0 bridgehead atoms. The molecule has 1 atom stereocenters. The van der Waals surface area contributed by atoms with E-state index in [1.807, 2.05) is 80.6 Å². The van der Waals surface area contributed by atoms with E-state index in [0.717, 1.165) is 22.6 Å². The monoisotopic (exact) mass is 405 g/mol. The van der Waals surface area contributed by atoms with E-state index in [4.69, 9.17) is 14.2 Å². The van der Waals surface area contributed by atoms with Crippen LogP contribution in [0.4, 0.5) is 5.69 Å². The fourth-order valence-corrected chi connectivity index (χ4v) is 2.97. The summed E-state index contributed by atoms with van der Waals surface area (Å²) >= 11 is 0. The van der Waals surface area contributed by atoms with Gasteiger partial charge < -0.3 is 19.5 Å². The molecular formula is C25H27NO4. The highest BCUT2D eigenvalue weighted by atomic mass is 16.5. The molecule has 3 rings (SSSR count). The van der Waals surface area contributed by atoms with Crippen LogP contribution in [-0.2, 0) is 4.79 Å². The third kappa shape index (κ3) is 5.77. The van der Waals surface area contributed by atoms with E-state index in [9.17, 15) is 4.79 Å². The van der Waals surface area contributed by atoms with Crippen LogP contribution >= 0.6 is 0 Å². The molecule has 30 heavy (non-hydrogen) atoms. The normalized spacial score (nSPS) is 11.4. The predicted octanol–water partition coefficient (Wildman–Crippen LogP) is 5.17. The van der Waals surface area contributed by atoms with E-state index in [0.29, 0.717) is 24.7 Å². The predicted molar refractivity (Wildman–Crippen MR) is 119 cm³/mol. The molecule has 1 amide bonds. The number of hydrogen-bond donors (Lipinski definition) is 1. The number of benzene rings is 3. The maximum atomic E-state index is 12.7. The largest absolute Gasteiger partial charge is 0.490 e. The van der Waals surface area contributed by atoms with Crippen molar-refractivity contribution in [2.75, 3.05) is 18.5 Å². The van der Waals surface area contributed by atoms with Gasteiger partial charge >= 0.3 is 0 Å². The average Bonchev–Trinajstić information content (AvgIpc) is 2.75. The van der Waals surface area contributed by atoms with E-state index in [1.54, 1.807) is 13.0 Å². The number of amides is 1. The lowest BCUT2D eigenvalue weighted by molar-refractivity contribution is -0.122. The number of aryl methyl sites for hydroxylation is 2. The minimum atomic E-state index is -0.653. The third-order valence-electron chi connectivity index (χ3n) is 4.57. The molecule has 0 aliphatic heterocycles. The van der Waals surface area contributed by atoms with Crippen LogP contribution in [0.5, 0.6) is 17.2 Å². The van der Waals surface area contributed by atoms with Crippen LogP contribution < -0.4 is 19.5 Å². The Morgan fingerprint density at radius 2 is 1.47 bits per heavy atom. The second-order valence-electron chi connectivity index (χ2n) is 6.98. The Balaban J connectivity index is 1.56. The van der Waals surface area contributed by atoms with Crippen molar-refractivity contribution in [3.63, 3.8) is 0 Å². The van der Waals surface area contributed by atoms with Gasteiger partial charge in [0.2, 0.25) is 0 Å². The summed E-state index contributed by atoms with van der Waals surface area (Å²) in [6.45, 7) is 6.42. The van der Waals surface area contributed by atoms with Crippen molar-refractivity contribution in [2.24, 2.45) is 0 Å². The third-order valence-corrected chi connectivity index (χ3v) is 4.57. The molecule has 1 unspecified atom stereocenters. The Morgan fingerprint density at radius 3 is 2.20 bits per heavy atom. The fourth-order valence-electron chi connectivity index (χ4n) is 2.97. The van der Waals surface area contributed by atoms with Crippen molar-refractivity contribution in [1.29, 1.82) is 0 Å². The maximum absolute atomic E-state index is 12.7. The summed E-state index contributed by atoms with van der Waals surface area (Å²) < 4.78 is 17.4. The smallest absolute Gasteiger partial charge is 0.265 e. The van der Waals surface area contributed by atoms with Crippen molar-refractivity contribution >= 4 is 11.6 Å². The summed E-state index contributed by atoms with van der Waals surface area (Å²) in [6.07, 6.45) is -0.653. The highest BCUT2D eigenvalue weighted by Crippen LogP contribution is 2.26. The Bertz CT molecular complexity index is 952. The summed E-state index contributed by atoms with van der Waals surface area (Å²) in [7, 11) is 0. The van der Waals surface area contributed by atoms with Crippen LogP contribution in [0.25, 0.3) is 0 Å². The Morgan fingerprint density at radius 1 is 0.833 bits per heavy atom. The number of nitrogens with one attached hydrogen (secondary N) is 1. The van der Waals surface area contributed by atoms with Gasteiger partial charge in [-0.05, 0) is 56.2 Å². The number of hydrogen-bond acceptors (Lipinski definition) is 4. The second-order valence-corrected chi connectivity index (χ2v) is 6.98. The summed E-state index contributed by atoms with van der Waals surface area (Å²) in [4.78, 5) is 12.7. The zero-order chi connectivity index (χ0) is 21.3. The summed E-state index contributed by atoms with van der Waals surface area (Å²) in [6, 6.07) is 22.8. The molecule has 0 aliphatic rings. The van der Waals surface area contributed by atoms with Gasteiger partial charge in [-0.15, -0.1) is 0 Å². The van der Waals surface area contributed by atoms with Gasteiger partial charge in [-0.1, -0.05) is 48.5 Å². The van der Waals surface area contributed by atoms with Gasteiger partial charge in [0.25, 0.3) is 5.91 Å². The fraction of sp³-hybridized carbons (Fsp3) is 0.240. The topological polar surface area (TPSA) is 56.8 Å². The summed E-state index contributed by atoms with van der Waals surface area (Å²) in [5.74, 6) is 1.87. The van der Waals surface area contributed by atoms with Crippen LogP contribution in [-0.4, -0.2) is 25.2 Å². The molecular weight excluding hydrogens is 378 g/mol. The van der Waals surface area contributed by atoms with Crippen molar-refractivity contribution < 1.29 is 19.0 Å². The first kappa shape index (κ1) is 21.2. The van der Waals surface area contributed by atoms with Gasteiger partial charge in [0.15, 0.2) is 6.10 Å². The Kier molecular flexibility index (Phi) is 7.33. The standard InChI is InChI=1S/C25H27NO4/c1-18-10-9-11-19(2)24(18)30-20(3)25(27)26-22-14-7-8-15-23(22)29-17-16-28-21-12-5-4-6-13-21/h4-15,20H,16-17H2,1-3H3,(H,26,27). The lowest BCUT2D eigenvalue weighted by Crippen LogP contribution is -2.30. The number of carbonyl (C=O) groups excluding carboxylic acids is 1.